The van der Waals surface area contributed by atoms with Gasteiger partial charge in [0.1, 0.15) is 0 Å². The minimum absolute atomic E-state index is 0.129. The molecule has 0 aliphatic heterocycles. The van der Waals surface area contributed by atoms with Crippen LogP contribution in [0.5, 0.6) is 0 Å². The number of benzene rings is 1. The molecule has 0 aliphatic rings. The largest absolute Gasteiger partial charge is 0.385 e. The van der Waals surface area contributed by atoms with Gasteiger partial charge in [0.2, 0.25) is 16.1 Å². The van der Waals surface area contributed by atoms with E-state index >= 15 is 0 Å². The second-order valence-electron chi connectivity index (χ2n) is 3.44. The normalized spacial score (nSPS) is 10.9. The molecule has 18 heavy (non-hydrogen) atoms. The summed E-state index contributed by atoms with van der Waals surface area (Å²) in [6.45, 7) is 0.805. The van der Waals surface area contributed by atoms with Crippen molar-refractivity contribution in [3.05, 3.63) is 24.3 Å². The van der Waals surface area contributed by atoms with Gasteiger partial charge in [-0.25, -0.2) is 17.9 Å². The molecule has 0 atom stereocenters. The van der Waals surface area contributed by atoms with Gasteiger partial charge in [-0.3, -0.25) is 0 Å². The Kier molecular flexibility index (Phi) is 5.67. The van der Waals surface area contributed by atoms with Crippen LogP contribution in [0.1, 0.15) is 6.42 Å². The molecular formula is C11H14N2O4S. The van der Waals surface area contributed by atoms with Crippen molar-refractivity contribution in [2.24, 2.45) is 4.99 Å². The van der Waals surface area contributed by atoms with E-state index in [0.29, 0.717) is 25.3 Å². The Labute approximate surface area is 106 Å². The zero-order valence-electron chi connectivity index (χ0n) is 9.92. The quantitative estimate of drug-likeness (QED) is 0.454. The fourth-order valence-electron chi connectivity index (χ4n) is 1.26. The number of aliphatic imine (C=N–C) groups is 1. The first kappa shape index (κ1) is 14.5. The Morgan fingerprint density at radius 2 is 2.00 bits per heavy atom. The highest BCUT2D eigenvalue weighted by molar-refractivity contribution is 7.89. The van der Waals surface area contributed by atoms with E-state index in [4.69, 9.17) is 4.74 Å². The van der Waals surface area contributed by atoms with E-state index in [1.807, 2.05) is 0 Å². The number of ether oxygens (including phenoxy) is 1. The second kappa shape index (κ2) is 7.03. The molecule has 1 rings (SSSR count). The van der Waals surface area contributed by atoms with Gasteiger partial charge in [-0.1, -0.05) is 0 Å². The van der Waals surface area contributed by atoms with Gasteiger partial charge in [0, 0.05) is 20.3 Å². The van der Waals surface area contributed by atoms with Crippen molar-refractivity contribution in [1.29, 1.82) is 0 Å². The molecule has 0 fully saturated rings. The Balaban J connectivity index is 2.69. The molecule has 1 N–H and O–H groups in total. The molecule has 0 bridgehead atoms. The lowest BCUT2D eigenvalue weighted by atomic mass is 10.3. The Morgan fingerprint density at radius 3 is 2.56 bits per heavy atom. The number of hydrogen-bond donors (Lipinski definition) is 1. The number of nitrogens with one attached hydrogen (secondary N) is 1. The highest BCUT2D eigenvalue weighted by Gasteiger charge is 2.12. The zero-order valence-corrected chi connectivity index (χ0v) is 10.7. The highest BCUT2D eigenvalue weighted by atomic mass is 32.2. The van der Waals surface area contributed by atoms with Crippen LogP contribution in [-0.2, 0) is 19.6 Å². The number of sulfonamides is 1. The monoisotopic (exact) mass is 270 g/mol. The van der Waals surface area contributed by atoms with E-state index in [-0.39, 0.29) is 4.90 Å². The molecule has 0 radical (unpaired) electrons. The molecule has 6 nitrogen and oxygen atoms in total. The van der Waals surface area contributed by atoms with Crippen molar-refractivity contribution in [3.63, 3.8) is 0 Å². The van der Waals surface area contributed by atoms with E-state index in [1.165, 1.54) is 30.3 Å². The number of methoxy groups -OCH3 is 1. The Hall–Kier alpha value is -1.53. The summed E-state index contributed by atoms with van der Waals surface area (Å²) in [6.07, 6.45) is 1.99. The van der Waals surface area contributed by atoms with Gasteiger partial charge in [-0.15, -0.1) is 0 Å². The van der Waals surface area contributed by atoms with Crippen molar-refractivity contribution >= 4 is 21.8 Å². The van der Waals surface area contributed by atoms with Crippen molar-refractivity contribution in [2.75, 3.05) is 20.3 Å². The van der Waals surface area contributed by atoms with Gasteiger partial charge in [-0.05, 0) is 30.7 Å². The summed E-state index contributed by atoms with van der Waals surface area (Å²) in [5.74, 6) is 0. The van der Waals surface area contributed by atoms with Crippen molar-refractivity contribution in [3.8, 4) is 0 Å². The summed E-state index contributed by atoms with van der Waals surface area (Å²) in [6, 6.07) is 5.65. The summed E-state index contributed by atoms with van der Waals surface area (Å²) in [4.78, 5) is 13.5. The molecule has 0 amide bonds. The molecule has 0 saturated carbocycles. The zero-order chi connectivity index (χ0) is 13.4. The minimum atomic E-state index is -3.52. The third-order valence-corrected chi connectivity index (χ3v) is 3.62. The van der Waals surface area contributed by atoms with E-state index in [1.54, 1.807) is 7.11 Å². The van der Waals surface area contributed by atoms with E-state index in [9.17, 15) is 13.2 Å². The second-order valence-corrected chi connectivity index (χ2v) is 5.21. The molecule has 1 aromatic rings. The SMILES string of the molecule is COCCCNS(=O)(=O)c1ccc(N=C=O)cc1. The first-order chi connectivity index (χ1) is 8.60. The van der Waals surface area contributed by atoms with Gasteiger partial charge in [0.15, 0.2) is 0 Å². The van der Waals surface area contributed by atoms with Crippen molar-refractivity contribution in [2.45, 2.75) is 11.3 Å². The van der Waals surface area contributed by atoms with E-state index < -0.39 is 10.0 Å². The van der Waals surface area contributed by atoms with Crippen molar-refractivity contribution in [1.82, 2.24) is 4.72 Å². The fraction of sp³-hybridized carbons (Fsp3) is 0.364. The number of isocyanates is 1. The number of hydrogen-bond acceptors (Lipinski definition) is 5. The average molecular weight is 270 g/mol. The van der Waals surface area contributed by atoms with Gasteiger partial charge in [0.05, 0.1) is 10.6 Å². The number of nitrogens with zero attached hydrogens (tertiary/aromatic N) is 1. The third kappa shape index (κ3) is 4.38. The first-order valence-electron chi connectivity index (χ1n) is 5.26. The lowest BCUT2D eigenvalue weighted by Crippen LogP contribution is -2.25. The van der Waals surface area contributed by atoms with Crippen LogP contribution in [0.15, 0.2) is 34.2 Å². The Bertz CT molecular complexity index is 518. The summed E-state index contributed by atoms with van der Waals surface area (Å²) in [7, 11) is -1.96. The molecule has 0 unspecified atom stereocenters. The summed E-state index contributed by atoms with van der Waals surface area (Å²) in [5, 5.41) is 0. The van der Waals surface area contributed by atoms with Crippen LogP contribution in [0.4, 0.5) is 5.69 Å². The number of rotatable bonds is 7. The van der Waals surface area contributed by atoms with Crippen LogP contribution in [-0.4, -0.2) is 34.8 Å². The fourth-order valence-corrected chi connectivity index (χ4v) is 2.33. The molecule has 98 valence electrons. The van der Waals surface area contributed by atoms with Gasteiger partial charge < -0.3 is 4.74 Å². The molecule has 0 heterocycles. The van der Waals surface area contributed by atoms with Gasteiger partial charge in [0.25, 0.3) is 0 Å². The van der Waals surface area contributed by atoms with Crippen LogP contribution < -0.4 is 4.72 Å². The van der Waals surface area contributed by atoms with Crippen LogP contribution >= 0.6 is 0 Å². The standard InChI is InChI=1S/C11H14N2O4S/c1-17-8-2-7-13-18(15,16)11-5-3-10(4-6-11)12-9-14/h3-6,13H,2,7-8H2,1H3. The summed E-state index contributed by atoms with van der Waals surface area (Å²) < 4.78 is 30.9. The third-order valence-electron chi connectivity index (χ3n) is 2.14. The smallest absolute Gasteiger partial charge is 0.240 e. The predicted molar refractivity (Wildman–Crippen MR) is 65.9 cm³/mol. The lowest BCUT2D eigenvalue weighted by Gasteiger charge is -2.06. The molecule has 0 aliphatic carbocycles. The maximum Gasteiger partial charge on any atom is 0.240 e. The topological polar surface area (TPSA) is 84.8 Å². The molecule has 7 heteroatoms. The maximum atomic E-state index is 11.8. The van der Waals surface area contributed by atoms with Crippen LogP contribution in [0, 0.1) is 0 Å². The molecule has 0 spiro atoms. The minimum Gasteiger partial charge on any atom is -0.385 e. The van der Waals surface area contributed by atoms with E-state index in [2.05, 4.69) is 9.71 Å². The summed E-state index contributed by atoms with van der Waals surface area (Å²) >= 11 is 0. The average Bonchev–Trinajstić information content (AvgIpc) is 2.36. The van der Waals surface area contributed by atoms with Gasteiger partial charge in [-0.2, -0.15) is 4.99 Å². The molecular weight excluding hydrogens is 256 g/mol. The molecule has 0 saturated heterocycles. The van der Waals surface area contributed by atoms with Crippen LogP contribution in [0.3, 0.4) is 0 Å². The van der Waals surface area contributed by atoms with Gasteiger partial charge >= 0.3 is 0 Å². The van der Waals surface area contributed by atoms with Crippen LogP contribution in [0.2, 0.25) is 0 Å². The molecule has 1 aromatic carbocycles. The van der Waals surface area contributed by atoms with E-state index in [0.717, 1.165) is 0 Å². The summed E-state index contributed by atoms with van der Waals surface area (Å²) in [5.41, 5.74) is 0.364. The lowest BCUT2D eigenvalue weighted by molar-refractivity contribution is 0.196. The van der Waals surface area contributed by atoms with Crippen molar-refractivity contribution < 1.29 is 17.9 Å². The Morgan fingerprint density at radius 1 is 1.33 bits per heavy atom. The maximum absolute atomic E-state index is 11.8. The molecule has 0 aromatic heterocycles. The predicted octanol–water partition coefficient (Wildman–Crippen LogP) is 0.969. The highest BCUT2D eigenvalue weighted by Crippen LogP contribution is 2.15. The van der Waals surface area contributed by atoms with Crippen LogP contribution in [0.25, 0.3) is 0 Å². The number of carbonyl (C=O) groups excluding carboxylic acids is 1. The first-order valence-corrected chi connectivity index (χ1v) is 6.75.